The van der Waals surface area contributed by atoms with Gasteiger partial charge >= 0.3 is 0 Å². The molecule has 2 rings (SSSR count). The highest BCUT2D eigenvalue weighted by Gasteiger charge is 2.17. The van der Waals surface area contributed by atoms with Gasteiger partial charge in [-0.2, -0.15) is 0 Å². The van der Waals surface area contributed by atoms with E-state index in [1.807, 2.05) is 12.1 Å². The number of hydrogen-bond acceptors (Lipinski definition) is 4. The Morgan fingerprint density at radius 3 is 2.69 bits per heavy atom. The Kier molecular flexibility index (Phi) is 3.64. The molecule has 86 valence electrons. The summed E-state index contributed by atoms with van der Waals surface area (Å²) in [6.45, 7) is 4.50. The van der Waals surface area contributed by atoms with Crippen molar-refractivity contribution in [2.75, 3.05) is 39.8 Å². The Balaban J connectivity index is 1.88. The molecule has 0 saturated carbocycles. The Morgan fingerprint density at radius 2 is 2.06 bits per heavy atom. The van der Waals surface area contributed by atoms with Gasteiger partial charge in [-0.15, -0.1) is 0 Å². The van der Waals surface area contributed by atoms with Crippen molar-refractivity contribution in [1.82, 2.24) is 14.8 Å². The highest BCUT2D eigenvalue weighted by Crippen LogP contribution is 2.02. The van der Waals surface area contributed by atoms with Gasteiger partial charge in [-0.3, -0.25) is 14.7 Å². The van der Waals surface area contributed by atoms with Gasteiger partial charge < -0.3 is 4.90 Å². The predicted octanol–water partition coefficient (Wildman–Crippen LogP) is 0.512. The Hall–Kier alpha value is -1.26. The first-order chi connectivity index (χ1) is 7.75. The average Bonchev–Trinajstić information content (AvgIpc) is 2.33. The first-order valence-corrected chi connectivity index (χ1v) is 5.61. The second-order valence-electron chi connectivity index (χ2n) is 4.22. The predicted molar refractivity (Wildman–Crippen MR) is 62.5 cm³/mol. The molecule has 1 aromatic heterocycles. The lowest BCUT2D eigenvalue weighted by Crippen LogP contribution is -2.46. The summed E-state index contributed by atoms with van der Waals surface area (Å²) in [6.07, 6.45) is 1.66. The minimum absolute atomic E-state index is 0.116. The van der Waals surface area contributed by atoms with Crippen LogP contribution in [0.1, 0.15) is 10.5 Å². The number of likely N-dealkylation sites (N-methyl/N-ethyl adjacent to an activating group) is 1. The van der Waals surface area contributed by atoms with Crippen molar-refractivity contribution < 1.29 is 4.79 Å². The third-order valence-corrected chi connectivity index (χ3v) is 2.91. The third kappa shape index (κ3) is 2.87. The van der Waals surface area contributed by atoms with Crippen molar-refractivity contribution in [3.05, 3.63) is 30.1 Å². The minimum atomic E-state index is 0.116. The second kappa shape index (κ2) is 5.18. The molecular weight excluding hydrogens is 202 g/mol. The first-order valence-electron chi connectivity index (χ1n) is 5.61. The van der Waals surface area contributed by atoms with Gasteiger partial charge in [0, 0.05) is 32.4 Å². The number of rotatable bonds is 3. The summed E-state index contributed by atoms with van der Waals surface area (Å²) in [7, 11) is 2.11. The van der Waals surface area contributed by atoms with Gasteiger partial charge in [0.25, 0.3) is 0 Å². The van der Waals surface area contributed by atoms with Crippen molar-refractivity contribution >= 4 is 5.78 Å². The van der Waals surface area contributed by atoms with E-state index in [-0.39, 0.29) is 5.78 Å². The molecule has 0 amide bonds. The van der Waals surface area contributed by atoms with Crippen LogP contribution in [0.4, 0.5) is 0 Å². The molecule has 0 bridgehead atoms. The lowest BCUT2D eigenvalue weighted by Gasteiger charge is -2.31. The summed E-state index contributed by atoms with van der Waals surface area (Å²) >= 11 is 0. The number of carbonyl (C=O) groups is 1. The van der Waals surface area contributed by atoms with Gasteiger partial charge in [0.1, 0.15) is 5.69 Å². The van der Waals surface area contributed by atoms with Gasteiger partial charge in [0.2, 0.25) is 0 Å². The second-order valence-corrected chi connectivity index (χ2v) is 4.22. The molecule has 0 spiro atoms. The van der Waals surface area contributed by atoms with Crippen molar-refractivity contribution in [2.24, 2.45) is 0 Å². The van der Waals surface area contributed by atoms with Gasteiger partial charge in [0.05, 0.1) is 6.54 Å². The summed E-state index contributed by atoms with van der Waals surface area (Å²) in [4.78, 5) is 20.4. The number of piperazine rings is 1. The summed E-state index contributed by atoms with van der Waals surface area (Å²) in [6, 6.07) is 5.45. The number of pyridine rings is 1. The van der Waals surface area contributed by atoms with Crippen LogP contribution in [-0.4, -0.2) is 60.3 Å². The van der Waals surface area contributed by atoms with Gasteiger partial charge in [-0.05, 0) is 19.2 Å². The van der Waals surface area contributed by atoms with Crippen LogP contribution in [0, 0.1) is 0 Å². The Bertz CT molecular complexity index is 345. The van der Waals surface area contributed by atoms with Gasteiger partial charge in [-0.25, -0.2) is 0 Å². The Morgan fingerprint density at radius 1 is 1.31 bits per heavy atom. The van der Waals surface area contributed by atoms with Crippen LogP contribution in [-0.2, 0) is 0 Å². The number of Topliss-reactive ketones (excluding diaryl/α,β-unsaturated/α-hetero) is 1. The van der Waals surface area contributed by atoms with E-state index in [0.29, 0.717) is 12.2 Å². The fourth-order valence-electron chi connectivity index (χ4n) is 1.82. The summed E-state index contributed by atoms with van der Waals surface area (Å²) in [5.41, 5.74) is 0.571. The standard InChI is InChI=1S/C12H17N3O/c1-14-6-8-15(9-7-14)10-12(16)11-4-2-3-5-13-11/h2-5H,6-10H2,1H3. The zero-order chi connectivity index (χ0) is 11.4. The maximum atomic E-state index is 11.9. The summed E-state index contributed by atoms with van der Waals surface area (Å²) < 4.78 is 0. The van der Waals surface area contributed by atoms with E-state index in [0.717, 1.165) is 26.2 Å². The SMILES string of the molecule is CN1CCN(CC(=O)c2ccccn2)CC1. The zero-order valence-electron chi connectivity index (χ0n) is 9.59. The Labute approximate surface area is 95.9 Å². The van der Waals surface area contributed by atoms with Gasteiger partial charge in [0.15, 0.2) is 5.78 Å². The fraction of sp³-hybridized carbons (Fsp3) is 0.500. The van der Waals surface area contributed by atoms with Crippen LogP contribution in [0.15, 0.2) is 24.4 Å². The molecule has 0 N–H and O–H groups in total. The van der Waals surface area contributed by atoms with Crippen LogP contribution >= 0.6 is 0 Å². The topological polar surface area (TPSA) is 36.4 Å². The van der Waals surface area contributed by atoms with Crippen molar-refractivity contribution in [3.63, 3.8) is 0 Å². The molecule has 0 aromatic carbocycles. The van der Waals surface area contributed by atoms with Crippen LogP contribution < -0.4 is 0 Å². The summed E-state index contributed by atoms with van der Waals surface area (Å²) in [5.74, 6) is 0.116. The van der Waals surface area contributed by atoms with Crippen molar-refractivity contribution in [1.29, 1.82) is 0 Å². The maximum Gasteiger partial charge on any atom is 0.195 e. The van der Waals surface area contributed by atoms with Crippen molar-refractivity contribution in [3.8, 4) is 0 Å². The van der Waals surface area contributed by atoms with Crippen LogP contribution in [0.3, 0.4) is 0 Å². The molecule has 1 aromatic rings. The molecule has 0 aliphatic carbocycles. The highest BCUT2D eigenvalue weighted by atomic mass is 16.1. The minimum Gasteiger partial charge on any atom is -0.304 e. The fourth-order valence-corrected chi connectivity index (χ4v) is 1.82. The number of hydrogen-bond donors (Lipinski definition) is 0. The van der Waals surface area contributed by atoms with E-state index >= 15 is 0 Å². The molecule has 4 heteroatoms. The molecule has 1 saturated heterocycles. The lowest BCUT2D eigenvalue weighted by molar-refractivity contribution is 0.0871. The molecule has 1 aliphatic heterocycles. The normalized spacial score (nSPS) is 18.6. The van der Waals surface area contributed by atoms with E-state index in [1.165, 1.54) is 0 Å². The van der Waals surface area contributed by atoms with Crippen molar-refractivity contribution in [2.45, 2.75) is 0 Å². The van der Waals surface area contributed by atoms with E-state index < -0.39 is 0 Å². The van der Waals surface area contributed by atoms with E-state index in [9.17, 15) is 4.79 Å². The molecule has 2 heterocycles. The van der Waals surface area contributed by atoms with Crippen LogP contribution in [0.5, 0.6) is 0 Å². The molecule has 1 fully saturated rings. The lowest BCUT2D eigenvalue weighted by atomic mass is 10.2. The highest BCUT2D eigenvalue weighted by molar-refractivity contribution is 5.95. The number of ketones is 1. The number of nitrogens with zero attached hydrogens (tertiary/aromatic N) is 3. The van der Waals surface area contributed by atoms with Crippen LogP contribution in [0.25, 0.3) is 0 Å². The van der Waals surface area contributed by atoms with Crippen LogP contribution in [0.2, 0.25) is 0 Å². The number of aromatic nitrogens is 1. The van der Waals surface area contributed by atoms with E-state index in [4.69, 9.17) is 0 Å². The molecule has 0 atom stereocenters. The van der Waals surface area contributed by atoms with Gasteiger partial charge in [-0.1, -0.05) is 6.07 Å². The van der Waals surface area contributed by atoms with E-state index in [1.54, 1.807) is 12.3 Å². The maximum absolute atomic E-state index is 11.9. The first kappa shape index (κ1) is 11.2. The molecule has 16 heavy (non-hydrogen) atoms. The largest absolute Gasteiger partial charge is 0.304 e. The quantitative estimate of drug-likeness (QED) is 0.694. The molecule has 0 unspecified atom stereocenters. The molecular formula is C12H17N3O. The number of carbonyl (C=O) groups excluding carboxylic acids is 1. The average molecular weight is 219 g/mol. The van der Waals surface area contributed by atoms with E-state index in [2.05, 4.69) is 21.8 Å². The monoisotopic (exact) mass is 219 g/mol. The zero-order valence-corrected chi connectivity index (χ0v) is 9.59. The third-order valence-electron chi connectivity index (χ3n) is 2.91. The smallest absolute Gasteiger partial charge is 0.195 e. The molecule has 1 aliphatic rings. The molecule has 4 nitrogen and oxygen atoms in total. The summed E-state index contributed by atoms with van der Waals surface area (Å²) in [5, 5.41) is 0. The molecule has 0 radical (unpaired) electrons.